The Balaban J connectivity index is 1.83. The number of nitrogens with zero attached hydrogens (tertiary/aromatic N) is 3. The van der Waals surface area contributed by atoms with Gasteiger partial charge in [-0.3, -0.25) is 10.1 Å². The van der Waals surface area contributed by atoms with E-state index in [4.69, 9.17) is 0 Å². The summed E-state index contributed by atoms with van der Waals surface area (Å²) in [6.45, 7) is 0.421. The largest absolute Gasteiger partial charge is 0.374 e. The molecule has 0 bridgehead atoms. The Kier molecular flexibility index (Phi) is 3.57. The lowest BCUT2D eigenvalue weighted by Gasteiger charge is -2.05. The molecule has 6 nitrogen and oxygen atoms in total. The fraction of sp³-hybridized carbons (Fsp3) is 0.0714. The van der Waals surface area contributed by atoms with E-state index in [0.717, 1.165) is 11.3 Å². The van der Waals surface area contributed by atoms with E-state index in [1.807, 2.05) is 35.0 Å². The minimum Gasteiger partial charge on any atom is -0.374 e. The summed E-state index contributed by atoms with van der Waals surface area (Å²) in [7, 11) is 0. The van der Waals surface area contributed by atoms with E-state index in [0.29, 0.717) is 16.7 Å². The van der Waals surface area contributed by atoms with Crippen LogP contribution in [0.1, 0.15) is 5.69 Å². The van der Waals surface area contributed by atoms with Crippen LogP contribution in [0.5, 0.6) is 0 Å². The number of aromatic nitrogens is 2. The Labute approximate surface area is 128 Å². The molecule has 7 heteroatoms. The Morgan fingerprint density at radius 1 is 1.33 bits per heavy atom. The van der Waals surface area contributed by atoms with Crippen molar-refractivity contribution < 1.29 is 4.92 Å². The molecule has 2 heterocycles. The lowest BCUT2D eigenvalue weighted by Crippen LogP contribution is -2.02. The van der Waals surface area contributed by atoms with Gasteiger partial charge in [-0.05, 0) is 24.3 Å². The number of hydrogen-bond donors (Lipinski definition) is 1. The SMILES string of the molecule is O=[N+]([O-])c1cc(Br)ccc1NCc1cn2ccccc2n1. The van der Waals surface area contributed by atoms with E-state index >= 15 is 0 Å². The summed E-state index contributed by atoms with van der Waals surface area (Å²) in [6.07, 6.45) is 3.81. The number of anilines is 1. The van der Waals surface area contributed by atoms with Gasteiger partial charge in [-0.25, -0.2) is 4.98 Å². The molecule has 3 rings (SSSR count). The molecule has 0 atom stereocenters. The molecular weight excluding hydrogens is 336 g/mol. The third kappa shape index (κ3) is 2.87. The smallest absolute Gasteiger partial charge is 0.293 e. The van der Waals surface area contributed by atoms with Crippen LogP contribution in [0, 0.1) is 10.1 Å². The summed E-state index contributed by atoms with van der Waals surface area (Å²) in [5.74, 6) is 0. The van der Waals surface area contributed by atoms with Crippen molar-refractivity contribution in [1.29, 1.82) is 0 Å². The standard InChI is InChI=1S/C14H11BrN4O2/c15-10-4-5-12(13(7-10)19(20)21)16-8-11-9-18-6-2-1-3-14(18)17-11/h1-7,9,16H,8H2. The molecule has 2 aromatic heterocycles. The molecule has 21 heavy (non-hydrogen) atoms. The van der Waals surface area contributed by atoms with E-state index in [-0.39, 0.29) is 5.69 Å². The summed E-state index contributed by atoms with van der Waals surface area (Å²) in [6, 6.07) is 10.7. The number of hydrogen-bond acceptors (Lipinski definition) is 4. The number of pyridine rings is 1. The van der Waals surface area contributed by atoms with Crippen molar-refractivity contribution >= 4 is 33.0 Å². The van der Waals surface area contributed by atoms with E-state index < -0.39 is 4.92 Å². The number of fused-ring (bicyclic) bond motifs is 1. The van der Waals surface area contributed by atoms with Gasteiger partial charge in [0, 0.05) is 22.9 Å². The van der Waals surface area contributed by atoms with Crippen LogP contribution in [0.2, 0.25) is 0 Å². The van der Waals surface area contributed by atoms with Crippen molar-refractivity contribution in [3.05, 3.63) is 69.1 Å². The van der Waals surface area contributed by atoms with Crippen molar-refractivity contribution in [2.75, 3.05) is 5.32 Å². The van der Waals surface area contributed by atoms with Gasteiger partial charge in [0.2, 0.25) is 0 Å². The molecule has 0 amide bonds. The van der Waals surface area contributed by atoms with Gasteiger partial charge in [0.1, 0.15) is 11.3 Å². The second-order valence-electron chi connectivity index (χ2n) is 4.47. The van der Waals surface area contributed by atoms with Gasteiger partial charge in [0.15, 0.2) is 0 Å². The zero-order chi connectivity index (χ0) is 14.8. The number of nitro groups is 1. The lowest BCUT2D eigenvalue weighted by molar-refractivity contribution is -0.384. The van der Waals surface area contributed by atoms with Crippen LogP contribution >= 0.6 is 15.9 Å². The summed E-state index contributed by atoms with van der Waals surface area (Å²) < 4.78 is 2.58. The number of nitrogens with one attached hydrogen (secondary N) is 1. The van der Waals surface area contributed by atoms with E-state index in [1.165, 1.54) is 6.07 Å². The molecule has 0 radical (unpaired) electrons. The predicted molar refractivity (Wildman–Crippen MR) is 83.3 cm³/mol. The Hall–Kier alpha value is -2.41. The number of rotatable bonds is 4. The number of benzene rings is 1. The molecule has 0 saturated heterocycles. The number of imidazole rings is 1. The zero-order valence-corrected chi connectivity index (χ0v) is 12.4. The van der Waals surface area contributed by atoms with Gasteiger partial charge in [0.05, 0.1) is 17.2 Å². The van der Waals surface area contributed by atoms with Crippen molar-refractivity contribution in [3.8, 4) is 0 Å². The first-order valence-electron chi connectivity index (χ1n) is 6.24. The molecule has 0 aliphatic carbocycles. The average Bonchev–Trinajstić information content (AvgIpc) is 2.88. The fourth-order valence-electron chi connectivity index (χ4n) is 2.06. The number of halogens is 1. The quantitative estimate of drug-likeness (QED) is 0.578. The minimum absolute atomic E-state index is 0.0353. The summed E-state index contributed by atoms with van der Waals surface area (Å²) >= 11 is 3.24. The maximum atomic E-state index is 11.1. The third-order valence-electron chi connectivity index (χ3n) is 3.03. The predicted octanol–water partition coefficient (Wildman–Crippen LogP) is 3.62. The summed E-state index contributed by atoms with van der Waals surface area (Å²) in [5, 5.41) is 14.1. The highest BCUT2D eigenvalue weighted by Crippen LogP contribution is 2.28. The van der Waals surface area contributed by atoms with E-state index in [2.05, 4.69) is 26.2 Å². The van der Waals surface area contributed by atoms with Crippen molar-refractivity contribution in [3.63, 3.8) is 0 Å². The molecule has 0 aliphatic rings. The molecule has 1 aromatic carbocycles. The van der Waals surface area contributed by atoms with Crippen LogP contribution in [0.4, 0.5) is 11.4 Å². The van der Waals surface area contributed by atoms with Gasteiger partial charge >= 0.3 is 0 Å². The summed E-state index contributed by atoms with van der Waals surface area (Å²) in [4.78, 5) is 15.1. The van der Waals surface area contributed by atoms with E-state index in [1.54, 1.807) is 12.1 Å². The highest BCUT2D eigenvalue weighted by molar-refractivity contribution is 9.10. The Morgan fingerprint density at radius 3 is 2.95 bits per heavy atom. The first-order valence-corrected chi connectivity index (χ1v) is 7.03. The molecule has 1 N–H and O–H groups in total. The van der Waals surface area contributed by atoms with Gasteiger partial charge < -0.3 is 9.72 Å². The van der Waals surface area contributed by atoms with Gasteiger partial charge in [-0.2, -0.15) is 0 Å². The minimum atomic E-state index is -0.406. The Bertz CT molecular complexity index is 783. The van der Waals surface area contributed by atoms with Crippen molar-refractivity contribution in [1.82, 2.24) is 9.38 Å². The van der Waals surface area contributed by atoms with Crippen LogP contribution in [-0.4, -0.2) is 14.3 Å². The molecule has 0 spiro atoms. The van der Waals surface area contributed by atoms with Crippen molar-refractivity contribution in [2.24, 2.45) is 0 Å². The zero-order valence-electron chi connectivity index (χ0n) is 10.9. The first kappa shape index (κ1) is 13.6. The van der Waals surface area contributed by atoms with Gasteiger partial charge in [0.25, 0.3) is 5.69 Å². The number of nitro benzene ring substituents is 1. The van der Waals surface area contributed by atoms with Crippen LogP contribution in [-0.2, 0) is 6.54 Å². The molecule has 3 aromatic rings. The van der Waals surface area contributed by atoms with Crippen LogP contribution < -0.4 is 5.32 Å². The van der Waals surface area contributed by atoms with Crippen LogP contribution in [0.15, 0.2) is 53.3 Å². The van der Waals surface area contributed by atoms with Crippen LogP contribution in [0.3, 0.4) is 0 Å². The fourth-order valence-corrected chi connectivity index (χ4v) is 2.41. The normalized spacial score (nSPS) is 10.7. The molecule has 0 fully saturated rings. The molecule has 0 saturated carbocycles. The van der Waals surface area contributed by atoms with Gasteiger partial charge in [-0.15, -0.1) is 0 Å². The summed E-state index contributed by atoms with van der Waals surface area (Å²) in [5.41, 5.74) is 2.17. The molecule has 0 unspecified atom stereocenters. The monoisotopic (exact) mass is 346 g/mol. The molecule has 0 aliphatic heterocycles. The molecule has 106 valence electrons. The lowest BCUT2D eigenvalue weighted by atomic mass is 10.2. The van der Waals surface area contributed by atoms with Crippen molar-refractivity contribution in [2.45, 2.75) is 6.54 Å². The molecular formula is C14H11BrN4O2. The highest BCUT2D eigenvalue weighted by Gasteiger charge is 2.14. The second kappa shape index (κ2) is 5.53. The third-order valence-corrected chi connectivity index (χ3v) is 3.52. The van der Waals surface area contributed by atoms with E-state index in [9.17, 15) is 10.1 Å². The second-order valence-corrected chi connectivity index (χ2v) is 5.39. The van der Waals surface area contributed by atoms with Crippen LogP contribution in [0.25, 0.3) is 5.65 Å². The highest BCUT2D eigenvalue weighted by atomic mass is 79.9. The topological polar surface area (TPSA) is 72.5 Å². The van der Waals surface area contributed by atoms with Gasteiger partial charge in [-0.1, -0.05) is 22.0 Å². The average molecular weight is 347 g/mol. The Morgan fingerprint density at radius 2 is 2.19 bits per heavy atom. The maximum absolute atomic E-state index is 11.1. The first-order chi connectivity index (χ1) is 10.1. The maximum Gasteiger partial charge on any atom is 0.293 e.